The monoisotopic (exact) mass is 591 g/mol. The minimum absolute atomic E-state index is 0.0256. The molecule has 0 bridgehead atoms. The number of hydrogen-bond donors (Lipinski definition) is 0. The second-order valence-electron chi connectivity index (χ2n) is 9.53. The van der Waals surface area contributed by atoms with E-state index in [9.17, 15) is 29.3 Å². The van der Waals surface area contributed by atoms with E-state index in [1.807, 2.05) is 0 Å². The molecule has 0 aliphatic carbocycles. The van der Waals surface area contributed by atoms with Gasteiger partial charge >= 0.3 is 5.97 Å². The third kappa shape index (κ3) is 5.00. The summed E-state index contributed by atoms with van der Waals surface area (Å²) in [5, 5.41) is 11.5. The molecule has 5 aromatic rings. The molecule has 210 valence electrons. The Morgan fingerprint density at radius 2 is 1.51 bits per heavy atom. The number of nitro groups is 1. The van der Waals surface area contributed by atoms with Crippen LogP contribution in [-0.2, 0) is 4.74 Å². The van der Waals surface area contributed by atoms with Crippen LogP contribution >= 0.6 is 11.6 Å². The number of aromatic nitrogens is 1. The number of benzene rings is 4. The second-order valence-corrected chi connectivity index (χ2v) is 9.94. The second kappa shape index (κ2) is 10.9. The lowest BCUT2D eigenvalue weighted by atomic mass is 10.0. The molecule has 1 aliphatic rings. The van der Waals surface area contributed by atoms with E-state index in [-0.39, 0.29) is 16.1 Å². The van der Waals surface area contributed by atoms with Gasteiger partial charge in [-0.1, -0.05) is 54.1 Å². The van der Waals surface area contributed by atoms with Crippen LogP contribution in [0.4, 0.5) is 11.4 Å². The summed E-state index contributed by atoms with van der Waals surface area (Å²) in [4.78, 5) is 67.8. The van der Waals surface area contributed by atoms with E-state index in [1.54, 1.807) is 72.8 Å². The first-order valence-corrected chi connectivity index (χ1v) is 13.2. The lowest BCUT2D eigenvalue weighted by molar-refractivity contribution is -0.384. The Kier molecular flexibility index (Phi) is 6.96. The number of rotatable bonds is 7. The number of para-hydroxylation sites is 1. The largest absolute Gasteiger partial charge is 0.454 e. The van der Waals surface area contributed by atoms with Gasteiger partial charge in [-0.2, -0.15) is 0 Å². The maximum atomic E-state index is 13.2. The van der Waals surface area contributed by atoms with E-state index >= 15 is 0 Å². The predicted octanol–water partition coefficient (Wildman–Crippen LogP) is 6.30. The smallest absolute Gasteiger partial charge is 0.339 e. The molecule has 0 N–H and O–H groups in total. The van der Waals surface area contributed by atoms with Crippen molar-refractivity contribution in [3.63, 3.8) is 0 Å². The van der Waals surface area contributed by atoms with Gasteiger partial charge in [0, 0.05) is 22.6 Å². The molecule has 10 nitrogen and oxygen atoms in total. The Balaban J connectivity index is 1.26. The Labute approximate surface area is 248 Å². The fourth-order valence-electron chi connectivity index (χ4n) is 4.82. The van der Waals surface area contributed by atoms with Gasteiger partial charge in [0.1, 0.15) is 5.02 Å². The molecule has 0 unspecified atom stereocenters. The molecule has 0 saturated heterocycles. The molecular weight excluding hydrogens is 574 g/mol. The van der Waals surface area contributed by atoms with E-state index in [0.29, 0.717) is 39.0 Å². The minimum Gasteiger partial charge on any atom is -0.454 e. The molecule has 0 saturated carbocycles. The Morgan fingerprint density at radius 1 is 0.860 bits per heavy atom. The van der Waals surface area contributed by atoms with Gasteiger partial charge in [-0.3, -0.25) is 24.5 Å². The Bertz CT molecular complexity index is 1970. The highest BCUT2D eigenvalue weighted by Gasteiger charge is 2.36. The van der Waals surface area contributed by atoms with Crippen LogP contribution in [0, 0.1) is 10.1 Å². The van der Waals surface area contributed by atoms with Crippen LogP contribution in [0.15, 0.2) is 97.1 Å². The van der Waals surface area contributed by atoms with Crippen LogP contribution in [0.1, 0.15) is 41.4 Å². The number of ether oxygens (including phenoxy) is 1. The summed E-state index contributed by atoms with van der Waals surface area (Å²) < 4.78 is 5.31. The number of carbonyl (C=O) groups is 4. The van der Waals surface area contributed by atoms with Crippen LogP contribution in [-0.4, -0.2) is 40.1 Å². The van der Waals surface area contributed by atoms with Crippen molar-refractivity contribution in [3.05, 3.63) is 134 Å². The zero-order chi connectivity index (χ0) is 30.2. The minimum atomic E-state index is -0.792. The predicted molar refractivity (Wildman–Crippen MR) is 157 cm³/mol. The lowest BCUT2D eigenvalue weighted by Gasteiger charge is -2.15. The topological polar surface area (TPSA) is 137 Å². The highest BCUT2D eigenvalue weighted by Crippen LogP contribution is 2.31. The van der Waals surface area contributed by atoms with Gasteiger partial charge in [-0.15, -0.1) is 0 Å². The fraction of sp³-hybridized carbons (Fsp3) is 0.0312. The molecule has 43 heavy (non-hydrogen) atoms. The SMILES string of the molecule is O=C(COC(=O)c1cc(-c2ccc(N3C(=O)c4ccccc4C3=O)cc2)nc2ccccc12)c1ccc(Cl)c([N+](=O)[O-])c1. The number of Topliss-reactive ketones (excluding diaryl/α,β-unsaturated/α-hetero) is 1. The fourth-order valence-corrected chi connectivity index (χ4v) is 5.00. The average molecular weight is 592 g/mol. The van der Waals surface area contributed by atoms with E-state index in [1.165, 1.54) is 18.2 Å². The van der Waals surface area contributed by atoms with E-state index in [0.717, 1.165) is 11.0 Å². The van der Waals surface area contributed by atoms with Gasteiger partial charge in [-0.25, -0.2) is 14.7 Å². The van der Waals surface area contributed by atoms with Gasteiger partial charge in [0.2, 0.25) is 5.78 Å². The number of nitrogens with zero attached hydrogens (tertiary/aromatic N) is 3. The molecule has 2 amide bonds. The van der Waals surface area contributed by atoms with Crippen LogP contribution in [0.3, 0.4) is 0 Å². The molecule has 0 radical (unpaired) electrons. The molecule has 6 rings (SSSR count). The van der Waals surface area contributed by atoms with Gasteiger partial charge in [0.05, 0.1) is 38.5 Å². The van der Waals surface area contributed by atoms with Crippen molar-refractivity contribution >= 4 is 57.4 Å². The third-order valence-electron chi connectivity index (χ3n) is 6.95. The van der Waals surface area contributed by atoms with Gasteiger partial charge in [-0.05, 0) is 48.5 Å². The number of ketones is 1. The van der Waals surface area contributed by atoms with Crippen LogP contribution in [0.2, 0.25) is 5.02 Å². The number of imide groups is 1. The van der Waals surface area contributed by atoms with Crippen molar-refractivity contribution in [2.24, 2.45) is 0 Å². The molecule has 0 spiro atoms. The maximum Gasteiger partial charge on any atom is 0.339 e. The maximum absolute atomic E-state index is 13.2. The normalized spacial score (nSPS) is 12.3. The molecule has 2 heterocycles. The highest BCUT2D eigenvalue weighted by molar-refractivity contribution is 6.34. The number of nitro benzene ring substituents is 1. The van der Waals surface area contributed by atoms with Crippen LogP contribution in [0.5, 0.6) is 0 Å². The summed E-state index contributed by atoms with van der Waals surface area (Å²) in [6, 6.07) is 25.2. The van der Waals surface area contributed by atoms with Crippen molar-refractivity contribution in [1.29, 1.82) is 0 Å². The summed E-state index contributed by atoms with van der Waals surface area (Å²) in [7, 11) is 0. The zero-order valence-corrected chi connectivity index (χ0v) is 22.8. The van der Waals surface area contributed by atoms with E-state index in [2.05, 4.69) is 4.98 Å². The summed E-state index contributed by atoms with van der Waals surface area (Å²) in [6.07, 6.45) is 0. The molecule has 0 fully saturated rings. The lowest BCUT2D eigenvalue weighted by Crippen LogP contribution is -2.29. The molecule has 1 aliphatic heterocycles. The first-order chi connectivity index (χ1) is 20.7. The summed E-state index contributed by atoms with van der Waals surface area (Å²) in [6.45, 7) is -0.654. The van der Waals surface area contributed by atoms with Crippen LogP contribution in [0.25, 0.3) is 22.2 Å². The Hall–Kier alpha value is -5.74. The summed E-state index contributed by atoms with van der Waals surface area (Å²) in [5.74, 6) is -2.26. The number of fused-ring (bicyclic) bond motifs is 2. The van der Waals surface area contributed by atoms with E-state index in [4.69, 9.17) is 16.3 Å². The van der Waals surface area contributed by atoms with Gasteiger partial charge in [0.15, 0.2) is 6.61 Å². The molecule has 1 aromatic heterocycles. The molecule has 0 atom stereocenters. The van der Waals surface area contributed by atoms with Crippen molar-refractivity contribution in [2.75, 3.05) is 11.5 Å². The molecule has 4 aromatic carbocycles. The standard InChI is InChI=1S/C32H18ClN3O7/c33-25-14-11-19(15-28(25)36(41)42)29(37)17-43-32(40)24-16-27(34-26-8-4-3-5-21(24)26)18-9-12-20(13-10-18)35-30(38)22-6-1-2-7-23(22)31(35)39/h1-16H,17H2. The van der Waals surface area contributed by atoms with E-state index < -0.39 is 40.8 Å². The first-order valence-electron chi connectivity index (χ1n) is 12.9. The molecular formula is C32H18ClN3O7. The quantitative estimate of drug-likeness (QED) is 0.0706. The zero-order valence-electron chi connectivity index (χ0n) is 22.0. The first kappa shape index (κ1) is 27.4. The number of hydrogen-bond acceptors (Lipinski definition) is 8. The Morgan fingerprint density at radius 3 is 2.19 bits per heavy atom. The number of esters is 1. The van der Waals surface area contributed by atoms with Gasteiger partial charge < -0.3 is 4.74 Å². The highest BCUT2D eigenvalue weighted by atomic mass is 35.5. The number of amides is 2. The van der Waals surface area contributed by atoms with Crippen molar-refractivity contribution in [2.45, 2.75) is 0 Å². The number of carbonyl (C=O) groups excluding carboxylic acids is 4. The number of pyridine rings is 1. The average Bonchev–Trinajstić information content (AvgIpc) is 3.28. The van der Waals surface area contributed by atoms with Crippen molar-refractivity contribution < 1.29 is 28.8 Å². The third-order valence-corrected chi connectivity index (χ3v) is 7.27. The van der Waals surface area contributed by atoms with Crippen LogP contribution < -0.4 is 4.90 Å². The molecule has 11 heteroatoms. The summed E-state index contributed by atoms with van der Waals surface area (Å²) >= 11 is 5.82. The summed E-state index contributed by atoms with van der Waals surface area (Å²) in [5.41, 5.74) is 2.27. The van der Waals surface area contributed by atoms with Gasteiger partial charge in [0.25, 0.3) is 17.5 Å². The van der Waals surface area contributed by atoms with Crippen molar-refractivity contribution in [3.8, 4) is 11.3 Å². The number of halogens is 1. The van der Waals surface area contributed by atoms with Crippen molar-refractivity contribution in [1.82, 2.24) is 4.98 Å². The number of anilines is 1.